The number of ether oxygens (including phenoxy) is 2. The Morgan fingerprint density at radius 1 is 1.12 bits per heavy atom. The normalized spacial score (nSPS) is 11.8. The summed E-state index contributed by atoms with van der Waals surface area (Å²) in [5.41, 5.74) is 1.98. The molecule has 0 saturated heterocycles. The summed E-state index contributed by atoms with van der Waals surface area (Å²) in [6.07, 6.45) is 1.18. The molecule has 0 heterocycles. The number of hydrogen-bond acceptors (Lipinski definition) is 4. The van der Waals surface area contributed by atoms with Crippen molar-refractivity contribution >= 4 is 0 Å². The van der Waals surface area contributed by atoms with Gasteiger partial charge in [0.1, 0.15) is 6.61 Å². The van der Waals surface area contributed by atoms with Gasteiger partial charge in [-0.15, -0.1) is 0 Å². The predicted molar refractivity (Wildman–Crippen MR) is 96.4 cm³/mol. The number of aliphatic hydroxyl groups excluding tert-OH is 1. The molecule has 0 amide bonds. The van der Waals surface area contributed by atoms with Gasteiger partial charge in [-0.1, -0.05) is 49.1 Å². The van der Waals surface area contributed by atoms with E-state index in [0.29, 0.717) is 32.1 Å². The van der Waals surface area contributed by atoms with Gasteiger partial charge < -0.3 is 19.9 Å². The smallest absolute Gasteiger partial charge is 0.161 e. The Kier molecular flexibility index (Phi) is 7.33. The summed E-state index contributed by atoms with van der Waals surface area (Å²) in [6.45, 7) is 7.75. The van der Waals surface area contributed by atoms with Crippen LogP contribution in [0.2, 0.25) is 0 Å². The zero-order valence-corrected chi connectivity index (χ0v) is 14.1. The lowest BCUT2D eigenvalue weighted by Crippen LogP contribution is -2.21. The molecule has 0 aliphatic rings. The maximum Gasteiger partial charge on any atom is 0.161 e. The van der Waals surface area contributed by atoms with Crippen LogP contribution >= 0.6 is 0 Å². The van der Waals surface area contributed by atoms with Crippen LogP contribution in [0.25, 0.3) is 0 Å². The molecule has 4 nitrogen and oxygen atoms in total. The summed E-state index contributed by atoms with van der Waals surface area (Å²) in [7, 11) is 0. The minimum Gasteiger partial charge on any atom is -0.490 e. The lowest BCUT2D eigenvalue weighted by atomic mass is 10.1. The summed E-state index contributed by atoms with van der Waals surface area (Å²) in [5.74, 6) is 1.44. The van der Waals surface area contributed by atoms with Crippen molar-refractivity contribution in [2.75, 3.05) is 19.8 Å². The first kappa shape index (κ1) is 18.0. The molecule has 0 aliphatic carbocycles. The summed E-state index contributed by atoms with van der Waals surface area (Å²) < 4.78 is 11.2. The molecule has 2 rings (SSSR count). The van der Waals surface area contributed by atoms with E-state index in [1.807, 2.05) is 55.5 Å². The summed E-state index contributed by atoms with van der Waals surface area (Å²) >= 11 is 0. The van der Waals surface area contributed by atoms with Crippen molar-refractivity contribution in [2.45, 2.75) is 19.6 Å². The fourth-order valence-corrected chi connectivity index (χ4v) is 2.34. The highest BCUT2D eigenvalue weighted by atomic mass is 16.5. The van der Waals surface area contributed by atoms with Gasteiger partial charge >= 0.3 is 0 Å². The van der Waals surface area contributed by atoms with Crippen LogP contribution in [-0.4, -0.2) is 24.9 Å². The second-order valence-electron chi connectivity index (χ2n) is 5.37. The Labute approximate surface area is 143 Å². The van der Waals surface area contributed by atoms with Crippen molar-refractivity contribution < 1.29 is 14.6 Å². The van der Waals surface area contributed by atoms with Gasteiger partial charge in [-0.05, 0) is 30.2 Å². The largest absolute Gasteiger partial charge is 0.490 e. The summed E-state index contributed by atoms with van der Waals surface area (Å²) in [4.78, 5) is 0. The Hall–Kier alpha value is -2.30. The van der Waals surface area contributed by atoms with Crippen LogP contribution in [0.15, 0.2) is 61.2 Å². The van der Waals surface area contributed by atoms with E-state index >= 15 is 0 Å². The van der Waals surface area contributed by atoms with Crippen molar-refractivity contribution in [1.82, 2.24) is 5.32 Å². The maximum absolute atomic E-state index is 10.2. The Morgan fingerprint density at radius 2 is 1.92 bits per heavy atom. The molecular weight excluding hydrogens is 302 g/mol. The second-order valence-corrected chi connectivity index (χ2v) is 5.37. The van der Waals surface area contributed by atoms with Gasteiger partial charge in [0, 0.05) is 13.1 Å². The summed E-state index contributed by atoms with van der Waals surface area (Å²) in [6, 6.07) is 15.5. The van der Waals surface area contributed by atoms with Gasteiger partial charge in [-0.25, -0.2) is 0 Å². The average Bonchev–Trinajstić information content (AvgIpc) is 2.62. The lowest BCUT2D eigenvalue weighted by molar-refractivity contribution is 0.174. The summed E-state index contributed by atoms with van der Waals surface area (Å²) in [5, 5.41) is 13.4. The molecule has 4 heteroatoms. The highest BCUT2D eigenvalue weighted by molar-refractivity contribution is 5.43. The second kappa shape index (κ2) is 9.75. The van der Waals surface area contributed by atoms with E-state index in [4.69, 9.17) is 9.47 Å². The van der Waals surface area contributed by atoms with Crippen LogP contribution in [0.3, 0.4) is 0 Å². The molecule has 0 aliphatic heterocycles. The van der Waals surface area contributed by atoms with E-state index in [1.165, 1.54) is 0 Å². The third-order valence-electron chi connectivity index (χ3n) is 3.52. The molecule has 0 radical (unpaired) electrons. The Bertz CT molecular complexity index is 628. The van der Waals surface area contributed by atoms with E-state index in [1.54, 1.807) is 6.08 Å². The van der Waals surface area contributed by atoms with E-state index in [0.717, 1.165) is 16.9 Å². The van der Waals surface area contributed by atoms with Gasteiger partial charge in [0.15, 0.2) is 11.5 Å². The third kappa shape index (κ3) is 5.41. The number of hydrogen-bond donors (Lipinski definition) is 2. The van der Waals surface area contributed by atoms with Gasteiger partial charge in [0.2, 0.25) is 0 Å². The lowest BCUT2D eigenvalue weighted by Gasteiger charge is -2.14. The van der Waals surface area contributed by atoms with E-state index < -0.39 is 6.10 Å². The highest BCUT2D eigenvalue weighted by Crippen LogP contribution is 2.28. The van der Waals surface area contributed by atoms with Crippen LogP contribution in [0, 0.1) is 0 Å². The molecule has 0 bridgehead atoms. The number of benzene rings is 2. The number of aliphatic hydroxyl groups is 1. The highest BCUT2D eigenvalue weighted by Gasteiger charge is 2.08. The Morgan fingerprint density at radius 3 is 2.62 bits per heavy atom. The molecule has 24 heavy (non-hydrogen) atoms. The van der Waals surface area contributed by atoms with E-state index in [2.05, 4.69) is 11.9 Å². The topological polar surface area (TPSA) is 50.7 Å². The first-order valence-electron chi connectivity index (χ1n) is 8.17. The minimum atomic E-state index is -0.521. The monoisotopic (exact) mass is 327 g/mol. The standard InChI is InChI=1S/C20H25NO3/c1-3-12-24-19-11-10-16(13-20(19)23-4-2)14-21-15-18(22)17-8-6-5-7-9-17/h3,5-11,13,18,21-22H,1,4,12,14-15H2,2H3/t18-/m0/s1. The van der Waals surface area contributed by atoms with Crippen molar-refractivity contribution in [2.24, 2.45) is 0 Å². The van der Waals surface area contributed by atoms with Crippen LogP contribution < -0.4 is 14.8 Å². The molecule has 0 spiro atoms. The molecule has 0 fully saturated rings. The van der Waals surface area contributed by atoms with Gasteiger partial charge in [0.25, 0.3) is 0 Å². The molecule has 128 valence electrons. The number of rotatable bonds is 10. The molecule has 0 unspecified atom stereocenters. The number of nitrogens with one attached hydrogen (secondary N) is 1. The molecule has 1 atom stereocenters. The Balaban J connectivity index is 1.92. The zero-order valence-electron chi connectivity index (χ0n) is 14.1. The fraction of sp³-hybridized carbons (Fsp3) is 0.300. The van der Waals surface area contributed by atoms with Crippen LogP contribution in [0.4, 0.5) is 0 Å². The van der Waals surface area contributed by atoms with Crippen molar-refractivity contribution in [1.29, 1.82) is 0 Å². The van der Waals surface area contributed by atoms with Crippen molar-refractivity contribution in [3.05, 3.63) is 72.3 Å². The van der Waals surface area contributed by atoms with Gasteiger partial charge in [-0.2, -0.15) is 0 Å². The zero-order chi connectivity index (χ0) is 17.2. The van der Waals surface area contributed by atoms with Crippen molar-refractivity contribution in [3.8, 4) is 11.5 Å². The van der Waals surface area contributed by atoms with Crippen LogP contribution in [0.1, 0.15) is 24.2 Å². The fourth-order valence-electron chi connectivity index (χ4n) is 2.34. The third-order valence-corrected chi connectivity index (χ3v) is 3.52. The average molecular weight is 327 g/mol. The first-order valence-corrected chi connectivity index (χ1v) is 8.17. The van der Waals surface area contributed by atoms with Gasteiger partial charge in [0.05, 0.1) is 12.7 Å². The SMILES string of the molecule is C=CCOc1ccc(CNC[C@H](O)c2ccccc2)cc1OCC. The van der Waals surface area contributed by atoms with E-state index in [-0.39, 0.29) is 0 Å². The maximum atomic E-state index is 10.2. The first-order chi connectivity index (χ1) is 11.7. The quantitative estimate of drug-likeness (QED) is 0.656. The van der Waals surface area contributed by atoms with Crippen LogP contribution in [-0.2, 0) is 6.54 Å². The van der Waals surface area contributed by atoms with Crippen molar-refractivity contribution in [3.63, 3.8) is 0 Å². The minimum absolute atomic E-state index is 0.445. The van der Waals surface area contributed by atoms with Gasteiger partial charge in [-0.3, -0.25) is 0 Å². The van der Waals surface area contributed by atoms with E-state index in [9.17, 15) is 5.11 Å². The predicted octanol–water partition coefficient (Wildman–Crippen LogP) is 3.47. The molecule has 0 aromatic heterocycles. The molecular formula is C20H25NO3. The van der Waals surface area contributed by atoms with Crippen LogP contribution in [0.5, 0.6) is 11.5 Å². The molecule has 2 N–H and O–H groups in total. The molecule has 2 aromatic rings. The molecule has 2 aromatic carbocycles. The molecule has 0 saturated carbocycles.